The Balaban J connectivity index is 2.12. The van der Waals surface area contributed by atoms with Gasteiger partial charge in [0.2, 0.25) is 0 Å². The highest BCUT2D eigenvalue weighted by Crippen LogP contribution is 2.18. The molecule has 0 bridgehead atoms. The SMILES string of the molecule is CC(Cc1cccs1)N(C)c1cccc(C(=O)O)n1. The zero-order valence-corrected chi connectivity index (χ0v) is 11.7. The van der Waals surface area contributed by atoms with Crippen LogP contribution in [-0.4, -0.2) is 29.1 Å². The van der Waals surface area contributed by atoms with E-state index in [1.54, 1.807) is 17.4 Å². The van der Waals surface area contributed by atoms with Gasteiger partial charge < -0.3 is 10.0 Å². The number of pyridine rings is 1. The van der Waals surface area contributed by atoms with Gasteiger partial charge in [0.25, 0.3) is 0 Å². The molecule has 5 heteroatoms. The Morgan fingerprint density at radius 2 is 2.21 bits per heavy atom. The van der Waals surface area contributed by atoms with E-state index < -0.39 is 5.97 Å². The lowest BCUT2D eigenvalue weighted by Gasteiger charge is -2.25. The summed E-state index contributed by atoms with van der Waals surface area (Å²) in [4.78, 5) is 18.4. The third-order valence-electron chi connectivity index (χ3n) is 3.05. The molecule has 2 rings (SSSR count). The second-order valence-electron chi connectivity index (χ2n) is 4.43. The Kier molecular flexibility index (Phi) is 4.16. The number of thiophene rings is 1. The van der Waals surface area contributed by atoms with Gasteiger partial charge in [-0.1, -0.05) is 12.1 Å². The van der Waals surface area contributed by atoms with Crippen LogP contribution >= 0.6 is 11.3 Å². The number of anilines is 1. The Hall–Kier alpha value is -1.88. The highest BCUT2D eigenvalue weighted by molar-refractivity contribution is 7.09. The number of likely N-dealkylation sites (N-methyl/N-ethyl adjacent to an activating group) is 1. The molecular formula is C14H16N2O2S. The highest BCUT2D eigenvalue weighted by Gasteiger charge is 2.14. The van der Waals surface area contributed by atoms with Gasteiger partial charge in [-0.25, -0.2) is 9.78 Å². The van der Waals surface area contributed by atoms with Crippen LogP contribution < -0.4 is 4.90 Å². The summed E-state index contributed by atoms with van der Waals surface area (Å²) in [6.45, 7) is 2.11. The van der Waals surface area contributed by atoms with Gasteiger partial charge in [-0.2, -0.15) is 0 Å². The van der Waals surface area contributed by atoms with Gasteiger partial charge in [0, 0.05) is 24.4 Å². The van der Waals surface area contributed by atoms with Crippen molar-refractivity contribution in [1.29, 1.82) is 0 Å². The van der Waals surface area contributed by atoms with Crippen molar-refractivity contribution in [1.82, 2.24) is 4.98 Å². The monoisotopic (exact) mass is 276 g/mol. The van der Waals surface area contributed by atoms with Gasteiger partial charge in [-0.05, 0) is 30.5 Å². The van der Waals surface area contributed by atoms with Crippen molar-refractivity contribution in [2.24, 2.45) is 0 Å². The molecule has 0 aliphatic rings. The van der Waals surface area contributed by atoms with Crippen molar-refractivity contribution in [3.05, 3.63) is 46.3 Å². The van der Waals surface area contributed by atoms with Crippen LogP contribution in [0, 0.1) is 0 Å². The first-order chi connectivity index (χ1) is 9.08. The van der Waals surface area contributed by atoms with Crippen LogP contribution in [0.3, 0.4) is 0 Å². The molecule has 4 nitrogen and oxygen atoms in total. The van der Waals surface area contributed by atoms with E-state index in [4.69, 9.17) is 5.11 Å². The Bertz CT molecular complexity index is 554. The predicted octanol–water partition coefficient (Wildman–Crippen LogP) is 2.91. The lowest BCUT2D eigenvalue weighted by atomic mass is 10.2. The van der Waals surface area contributed by atoms with Crippen molar-refractivity contribution in [3.63, 3.8) is 0 Å². The fraction of sp³-hybridized carbons (Fsp3) is 0.286. The molecule has 2 aromatic rings. The minimum Gasteiger partial charge on any atom is -0.477 e. The number of carboxylic acids is 1. The molecule has 1 unspecified atom stereocenters. The molecule has 0 radical (unpaired) electrons. The van der Waals surface area contributed by atoms with E-state index in [-0.39, 0.29) is 11.7 Å². The number of carbonyl (C=O) groups is 1. The lowest BCUT2D eigenvalue weighted by Crippen LogP contribution is -2.31. The summed E-state index contributed by atoms with van der Waals surface area (Å²) in [5, 5.41) is 11.0. The van der Waals surface area contributed by atoms with Gasteiger partial charge in [-0.15, -0.1) is 11.3 Å². The lowest BCUT2D eigenvalue weighted by molar-refractivity contribution is 0.0690. The van der Waals surface area contributed by atoms with Crippen LogP contribution in [0.2, 0.25) is 0 Å². The van der Waals surface area contributed by atoms with Crippen molar-refractivity contribution in [2.45, 2.75) is 19.4 Å². The van der Waals surface area contributed by atoms with Crippen LogP contribution in [0.1, 0.15) is 22.3 Å². The van der Waals surface area contributed by atoms with Crippen LogP contribution in [0.25, 0.3) is 0 Å². The van der Waals surface area contributed by atoms with Crippen LogP contribution in [0.4, 0.5) is 5.82 Å². The summed E-state index contributed by atoms with van der Waals surface area (Å²) in [5.41, 5.74) is 0.0765. The fourth-order valence-electron chi connectivity index (χ4n) is 1.82. The maximum atomic E-state index is 10.9. The summed E-state index contributed by atoms with van der Waals surface area (Å²) in [6.07, 6.45) is 0.924. The molecule has 1 atom stereocenters. The molecule has 0 aliphatic heterocycles. The number of rotatable bonds is 5. The Morgan fingerprint density at radius 3 is 2.84 bits per heavy atom. The second-order valence-corrected chi connectivity index (χ2v) is 5.46. The number of aromatic nitrogens is 1. The predicted molar refractivity (Wildman–Crippen MR) is 77.1 cm³/mol. The van der Waals surface area contributed by atoms with E-state index in [0.29, 0.717) is 5.82 Å². The molecule has 0 aliphatic carbocycles. The summed E-state index contributed by atoms with van der Waals surface area (Å²) >= 11 is 1.73. The maximum absolute atomic E-state index is 10.9. The fourth-order valence-corrected chi connectivity index (χ4v) is 2.65. The third-order valence-corrected chi connectivity index (χ3v) is 3.95. The van der Waals surface area contributed by atoms with Gasteiger partial charge in [-0.3, -0.25) is 0 Å². The van der Waals surface area contributed by atoms with Crippen LogP contribution in [0.15, 0.2) is 35.7 Å². The first kappa shape index (κ1) is 13.5. The van der Waals surface area contributed by atoms with Gasteiger partial charge in [0.05, 0.1) is 0 Å². The number of hydrogen-bond acceptors (Lipinski definition) is 4. The molecular weight excluding hydrogens is 260 g/mol. The minimum absolute atomic E-state index is 0.0765. The molecule has 0 amide bonds. The quantitative estimate of drug-likeness (QED) is 0.912. The third kappa shape index (κ3) is 3.32. The summed E-state index contributed by atoms with van der Waals surface area (Å²) in [7, 11) is 1.94. The first-order valence-corrected chi connectivity index (χ1v) is 6.91. The van der Waals surface area contributed by atoms with E-state index in [2.05, 4.69) is 23.4 Å². The average Bonchev–Trinajstić information content (AvgIpc) is 2.90. The van der Waals surface area contributed by atoms with Gasteiger partial charge >= 0.3 is 5.97 Å². The summed E-state index contributed by atoms with van der Waals surface area (Å²) < 4.78 is 0. The van der Waals surface area contributed by atoms with Crippen LogP contribution in [0.5, 0.6) is 0 Å². The molecule has 0 spiro atoms. The van der Waals surface area contributed by atoms with Gasteiger partial charge in [0.1, 0.15) is 5.82 Å². The zero-order valence-electron chi connectivity index (χ0n) is 10.9. The minimum atomic E-state index is -0.999. The topological polar surface area (TPSA) is 53.4 Å². The molecule has 100 valence electrons. The molecule has 0 fully saturated rings. The van der Waals surface area contributed by atoms with Crippen LogP contribution in [-0.2, 0) is 6.42 Å². The molecule has 19 heavy (non-hydrogen) atoms. The standard InChI is InChI=1S/C14H16N2O2S/c1-10(9-11-5-4-8-19-11)16(2)13-7-3-6-12(15-13)14(17)18/h3-8,10H,9H2,1-2H3,(H,17,18). The Morgan fingerprint density at radius 1 is 1.42 bits per heavy atom. The highest BCUT2D eigenvalue weighted by atomic mass is 32.1. The average molecular weight is 276 g/mol. The Labute approximate surface area is 116 Å². The molecule has 0 aromatic carbocycles. The second kappa shape index (κ2) is 5.84. The van der Waals surface area contributed by atoms with Crippen molar-refractivity contribution < 1.29 is 9.90 Å². The number of carboxylic acid groups (broad SMARTS) is 1. The van der Waals surface area contributed by atoms with E-state index >= 15 is 0 Å². The number of aromatic carboxylic acids is 1. The smallest absolute Gasteiger partial charge is 0.354 e. The number of hydrogen-bond donors (Lipinski definition) is 1. The molecule has 2 aromatic heterocycles. The molecule has 0 saturated heterocycles. The van der Waals surface area contributed by atoms with E-state index in [0.717, 1.165) is 6.42 Å². The van der Waals surface area contributed by atoms with Crippen molar-refractivity contribution in [2.75, 3.05) is 11.9 Å². The normalized spacial score (nSPS) is 12.1. The number of nitrogens with zero attached hydrogens (tertiary/aromatic N) is 2. The zero-order chi connectivity index (χ0) is 13.8. The summed E-state index contributed by atoms with van der Waals surface area (Å²) in [6, 6.07) is 9.46. The van der Waals surface area contributed by atoms with E-state index in [1.807, 2.05) is 24.1 Å². The molecule has 1 N–H and O–H groups in total. The van der Waals surface area contributed by atoms with E-state index in [9.17, 15) is 4.79 Å². The van der Waals surface area contributed by atoms with Gasteiger partial charge in [0.15, 0.2) is 5.69 Å². The first-order valence-electron chi connectivity index (χ1n) is 6.03. The summed E-state index contributed by atoms with van der Waals surface area (Å²) in [5.74, 6) is -0.315. The molecule has 2 heterocycles. The van der Waals surface area contributed by atoms with E-state index in [1.165, 1.54) is 10.9 Å². The largest absolute Gasteiger partial charge is 0.477 e. The maximum Gasteiger partial charge on any atom is 0.354 e. The van der Waals surface area contributed by atoms with Crippen molar-refractivity contribution >= 4 is 23.1 Å². The van der Waals surface area contributed by atoms with Crippen molar-refractivity contribution in [3.8, 4) is 0 Å². The molecule has 0 saturated carbocycles.